The topological polar surface area (TPSA) is 139 Å². The van der Waals surface area contributed by atoms with Crippen LogP contribution in [0.15, 0.2) is 57.8 Å². The Bertz CT molecular complexity index is 2020. The van der Waals surface area contributed by atoms with Gasteiger partial charge in [0.15, 0.2) is 0 Å². The van der Waals surface area contributed by atoms with Crippen molar-refractivity contribution in [2.75, 3.05) is 0 Å². The van der Waals surface area contributed by atoms with E-state index in [1.54, 1.807) is 12.1 Å². The van der Waals surface area contributed by atoms with Crippen molar-refractivity contribution in [2.24, 2.45) is 10.9 Å². The minimum absolute atomic E-state index is 0.0154. The molecule has 0 radical (unpaired) electrons. The molecule has 5 rings (SSSR count). The van der Waals surface area contributed by atoms with Crippen LogP contribution in [0.3, 0.4) is 0 Å². The molecule has 0 bridgehead atoms. The number of alkyl halides is 2. The summed E-state index contributed by atoms with van der Waals surface area (Å²) in [5.74, 6) is -2.55. The van der Waals surface area contributed by atoms with E-state index in [2.05, 4.69) is 26.0 Å². The summed E-state index contributed by atoms with van der Waals surface area (Å²) in [5.41, 5.74) is 5.95. The Hall–Kier alpha value is -3.37. The van der Waals surface area contributed by atoms with Gasteiger partial charge in [0.1, 0.15) is 29.8 Å². The highest BCUT2D eigenvalue weighted by atomic mass is 79.9. The predicted molar refractivity (Wildman–Crippen MR) is 153 cm³/mol. The molecule has 2 heterocycles. The summed E-state index contributed by atoms with van der Waals surface area (Å²) in [6.45, 7) is -0.971. The lowest BCUT2D eigenvalue weighted by atomic mass is 10.0. The molecule has 1 atom stereocenters. The summed E-state index contributed by atoms with van der Waals surface area (Å²) in [5, 5.41) is 9.38. The number of rotatable bonds is 8. The van der Waals surface area contributed by atoms with Crippen LogP contribution < -0.4 is 16.4 Å². The molecular weight excluding hydrogens is 668 g/mol. The Labute approximate surface area is 248 Å². The summed E-state index contributed by atoms with van der Waals surface area (Å²) in [6.07, 6.45) is -3.08. The molecule has 0 aliphatic heterocycles. The van der Waals surface area contributed by atoms with E-state index in [1.165, 1.54) is 18.2 Å². The smallest absolute Gasteiger partial charge is 0.266 e. The molecule has 0 saturated heterocycles. The Morgan fingerprint density at radius 3 is 2.38 bits per heavy atom. The van der Waals surface area contributed by atoms with Crippen LogP contribution in [-0.2, 0) is 28.7 Å². The second kappa shape index (κ2) is 11.4. The first kappa shape index (κ1) is 30.1. The molecule has 220 valence electrons. The van der Waals surface area contributed by atoms with Crippen molar-refractivity contribution in [1.29, 1.82) is 0 Å². The highest BCUT2D eigenvalue weighted by Gasteiger charge is 2.26. The third kappa shape index (κ3) is 6.06. The molecule has 5 aromatic rings. The van der Waals surface area contributed by atoms with Gasteiger partial charge in [-0.15, -0.1) is 0 Å². The van der Waals surface area contributed by atoms with Gasteiger partial charge < -0.3 is 5.73 Å². The normalized spacial score (nSPS) is 13.0. The number of hydrogen-bond donors (Lipinski definition) is 2. The second-order valence-corrected chi connectivity index (χ2v) is 12.4. The predicted octanol–water partition coefficient (Wildman–Crippen LogP) is 4.73. The van der Waals surface area contributed by atoms with Crippen LogP contribution in [0.2, 0.25) is 5.02 Å². The molecule has 3 aromatic carbocycles. The minimum Gasteiger partial charge on any atom is -0.321 e. The van der Waals surface area contributed by atoms with E-state index in [-0.39, 0.29) is 56.0 Å². The second-order valence-electron chi connectivity index (χ2n) is 9.48. The first-order valence-electron chi connectivity index (χ1n) is 12.1. The van der Waals surface area contributed by atoms with Gasteiger partial charge in [0.25, 0.3) is 12.0 Å². The lowest BCUT2D eigenvalue weighted by Crippen LogP contribution is -2.30. The molecule has 1 unspecified atom stereocenters. The number of nitrogens with zero attached hydrogens (tertiary/aromatic N) is 4. The molecule has 9 nitrogen and oxygen atoms in total. The van der Waals surface area contributed by atoms with E-state index in [0.717, 1.165) is 21.4 Å². The van der Waals surface area contributed by atoms with Crippen molar-refractivity contribution in [1.82, 2.24) is 19.3 Å². The maximum atomic E-state index is 14.0. The van der Waals surface area contributed by atoms with Crippen LogP contribution in [0.4, 0.5) is 17.6 Å². The lowest BCUT2D eigenvalue weighted by Gasteiger charge is -2.20. The SMILES string of the molecule is NC(Cc1cc(F)cc(F)c1)c1nc2cc(Br)ccc2c(=O)n1-c1ccc(Cl)c2c(CS(N)(=O)=O)nn(CC(F)F)c12. The van der Waals surface area contributed by atoms with Crippen molar-refractivity contribution in [3.63, 3.8) is 0 Å². The van der Waals surface area contributed by atoms with E-state index in [9.17, 15) is 30.8 Å². The zero-order chi connectivity index (χ0) is 30.5. The number of aromatic nitrogens is 4. The number of halogens is 6. The fraction of sp³-hybridized carbons (Fsp3) is 0.192. The van der Waals surface area contributed by atoms with Crippen molar-refractivity contribution >= 4 is 59.4 Å². The monoisotopic (exact) mass is 686 g/mol. The molecule has 0 aliphatic carbocycles. The van der Waals surface area contributed by atoms with Crippen molar-refractivity contribution < 1.29 is 26.0 Å². The van der Waals surface area contributed by atoms with Crippen molar-refractivity contribution in [3.05, 3.63) is 97.1 Å². The molecule has 0 aliphatic rings. The van der Waals surface area contributed by atoms with Crippen molar-refractivity contribution in [3.8, 4) is 5.69 Å². The summed E-state index contributed by atoms with van der Waals surface area (Å²) < 4.78 is 81.6. The zero-order valence-corrected chi connectivity index (χ0v) is 24.4. The van der Waals surface area contributed by atoms with Crippen LogP contribution in [-0.4, -0.2) is 34.2 Å². The summed E-state index contributed by atoms with van der Waals surface area (Å²) in [4.78, 5) is 18.6. The molecule has 0 fully saturated rings. The van der Waals surface area contributed by atoms with E-state index in [4.69, 9.17) is 22.5 Å². The molecule has 4 N–H and O–H groups in total. The zero-order valence-electron chi connectivity index (χ0n) is 21.2. The Morgan fingerprint density at radius 1 is 1.05 bits per heavy atom. The highest BCUT2D eigenvalue weighted by molar-refractivity contribution is 9.10. The van der Waals surface area contributed by atoms with E-state index in [1.807, 2.05) is 0 Å². The van der Waals surface area contributed by atoms with Gasteiger partial charge in [-0.3, -0.25) is 14.0 Å². The fourth-order valence-corrected chi connectivity index (χ4v) is 6.00. The molecule has 0 saturated carbocycles. The van der Waals surface area contributed by atoms with Crippen LogP contribution in [0.25, 0.3) is 27.5 Å². The summed E-state index contributed by atoms with van der Waals surface area (Å²) in [6, 6.07) is 9.11. The molecular formula is C26H20BrClF4N6O3S. The standard InChI is InChI=1S/C26H20BrClF4N6O3S/c27-13-1-2-16-19(8-13)35-25(18(33)7-12-5-14(29)9-15(30)6-12)38(26(16)39)21-4-3-17(28)23-20(11-42(34,40)41)36-37(24(21)23)10-22(31)32/h1-6,8-9,18,22H,7,10-11,33H2,(H2,34,40,41). The molecule has 0 spiro atoms. The largest absolute Gasteiger partial charge is 0.321 e. The molecule has 0 amide bonds. The van der Waals surface area contributed by atoms with Gasteiger partial charge in [-0.25, -0.2) is 36.1 Å². The number of primary sulfonamides is 1. The Balaban J connectivity index is 1.84. The quantitative estimate of drug-likeness (QED) is 0.226. The maximum Gasteiger partial charge on any atom is 0.266 e. The third-order valence-corrected chi connectivity index (χ3v) is 7.83. The highest BCUT2D eigenvalue weighted by Crippen LogP contribution is 2.34. The van der Waals surface area contributed by atoms with Gasteiger partial charge in [-0.05, 0) is 54.4 Å². The molecule has 2 aromatic heterocycles. The molecule has 16 heteroatoms. The van der Waals surface area contributed by atoms with Crippen LogP contribution >= 0.6 is 27.5 Å². The first-order valence-corrected chi connectivity index (χ1v) is 15.0. The van der Waals surface area contributed by atoms with Gasteiger partial charge in [-0.1, -0.05) is 27.5 Å². The van der Waals surface area contributed by atoms with E-state index in [0.29, 0.717) is 10.5 Å². The van der Waals surface area contributed by atoms with Crippen molar-refractivity contribution in [2.45, 2.75) is 31.2 Å². The van der Waals surface area contributed by atoms with Gasteiger partial charge in [0.05, 0.1) is 38.9 Å². The van der Waals surface area contributed by atoms with Gasteiger partial charge in [0, 0.05) is 15.9 Å². The Kier molecular flexibility index (Phi) is 8.15. The average molecular weight is 688 g/mol. The number of hydrogen-bond acceptors (Lipinski definition) is 6. The first-order chi connectivity index (χ1) is 19.7. The summed E-state index contributed by atoms with van der Waals surface area (Å²) >= 11 is 9.74. The number of benzene rings is 3. The van der Waals surface area contributed by atoms with E-state index >= 15 is 0 Å². The number of sulfonamides is 1. The van der Waals surface area contributed by atoms with Gasteiger partial charge in [-0.2, -0.15) is 5.10 Å². The average Bonchev–Trinajstić information content (AvgIpc) is 3.20. The van der Waals surface area contributed by atoms with Crippen LogP contribution in [0, 0.1) is 11.6 Å². The number of nitrogens with two attached hydrogens (primary N) is 2. The third-order valence-electron chi connectivity index (χ3n) is 6.35. The van der Waals surface area contributed by atoms with Crippen LogP contribution in [0.5, 0.6) is 0 Å². The van der Waals surface area contributed by atoms with Gasteiger partial charge in [0.2, 0.25) is 10.0 Å². The minimum atomic E-state index is -4.17. The maximum absolute atomic E-state index is 14.0. The Morgan fingerprint density at radius 2 is 1.74 bits per heavy atom. The number of fused-ring (bicyclic) bond motifs is 2. The molecule has 42 heavy (non-hydrogen) atoms. The summed E-state index contributed by atoms with van der Waals surface area (Å²) in [7, 11) is -4.17. The van der Waals surface area contributed by atoms with Crippen LogP contribution in [0.1, 0.15) is 23.1 Å². The van der Waals surface area contributed by atoms with E-state index < -0.39 is 52.0 Å². The van der Waals surface area contributed by atoms with Gasteiger partial charge >= 0.3 is 0 Å². The fourth-order valence-electron chi connectivity index (χ4n) is 4.80. The lowest BCUT2D eigenvalue weighted by molar-refractivity contribution is 0.123.